The Morgan fingerprint density at radius 2 is 1.82 bits per heavy atom. The fraction of sp³-hybridized carbons (Fsp3) is 0.781. The van der Waals surface area contributed by atoms with Crippen LogP contribution in [0, 0.1) is 5.41 Å². The quantitative estimate of drug-likeness (QED) is 0.0827. The lowest BCUT2D eigenvalue weighted by Crippen LogP contribution is -2.61. The van der Waals surface area contributed by atoms with Gasteiger partial charge in [0.2, 0.25) is 5.79 Å². The molecule has 0 aromatic heterocycles. The van der Waals surface area contributed by atoms with Crippen molar-refractivity contribution in [3.05, 3.63) is 24.3 Å². The molecule has 1 unspecified atom stereocenters. The maximum Gasteiger partial charge on any atom is 0.330 e. The van der Waals surface area contributed by atoms with E-state index >= 15 is 0 Å². The van der Waals surface area contributed by atoms with Crippen molar-refractivity contribution in [3.8, 4) is 0 Å². The molecule has 0 spiro atoms. The van der Waals surface area contributed by atoms with Crippen molar-refractivity contribution >= 4 is 18.4 Å². The standard InChI is InChI=1S/C32H50O13/c1-6-29-40-11-10-24(44-29)16-23-9-7-8-22(42-23)14-21(35)15-28(37)43-26(18-33)17-25-12-20(13-27(36)39-5)30(41-19-34)32(38,45-25)31(2,3)4/h6,13,19,21-26,29-30,33,35,38H,1,7-12,14-18H2,2-5H3/b20-13+/t21-,22+,23+,24+,25?,26-,29+,30+,32-/m1/s1. The highest BCUT2D eigenvalue weighted by Gasteiger charge is 2.56. The van der Waals surface area contributed by atoms with Crippen molar-refractivity contribution in [1.82, 2.24) is 0 Å². The molecule has 3 fully saturated rings. The smallest absolute Gasteiger partial charge is 0.330 e. The number of methoxy groups -OCH3 is 1. The third-order valence-corrected chi connectivity index (χ3v) is 8.44. The van der Waals surface area contributed by atoms with Crippen LogP contribution in [-0.2, 0) is 47.5 Å². The van der Waals surface area contributed by atoms with Crippen molar-refractivity contribution in [2.45, 2.75) is 133 Å². The maximum atomic E-state index is 12.8. The van der Waals surface area contributed by atoms with E-state index in [0.717, 1.165) is 31.8 Å². The van der Waals surface area contributed by atoms with Gasteiger partial charge in [0.05, 0.1) is 57.3 Å². The molecule has 13 heteroatoms. The van der Waals surface area contributed by atoms with Crippen LogP contribution in [0.1, 0.15) is 78.6 Å². The molecule has 0 amide bonds. The lowest BCUT2D eigenvalue weighted by Gasteiger charge is -2.50. The van der Waals surface area contributed by atoms with E-state index in [4.69, 9.17) is 33.2 Å². The van der Waals surface area contributed by atoms with Crippen LogP contribution in [0.25, 0.3) is 0 Å². The third kappa shape index (κ3) is 10.6. The highest BCUT2D eigenvalue weighted by molar-refractivity contribution is 5.83. The van der Waals surface area contributed by atoms with Gasteiger partial charge < -0.3 is 48.5 Å². The van der Waals surface area contributed by atoms with Crippen molar-refractivity contribution in [1.29, 1.82) is 0 Å². The monoisotopic (exact) mass is 642 g/mol. The predicted molar refractivity (Wildman–Crippen MR) is 158 cm³/mol. The average Bonchev–Trinajstić information content (AvgIpc) is 2.98. The van der Waals surface area contributed by atoms with Crippen molar-refractivity contribution in [2.75, 3.05) is 20.3 Å². The Balaban J connectivity index is 1.55. The second-order valence-electron chi connectivity index (χ2n) is 12.9. The number of hydrogen-bond acceptors (Lipinski definition) is 13. The Hall–Kier alpha value is -2.39. The highest BCUT2D eigenvalue weighted by atomic mass is 16.7. The number of aliphatic hydroxyl groups excluding tert-OH is 2. The summed E-state index contributed by atoms with van der Waals surface area (Å²) in [5.74, 6) is -3.49. The molecule has 3 saturated heterocycles. The van der Waals surface area contributed by atoms with Gasteiger partial charge in [-0.25, -0.2) is 4.79 Å². The molecule has 0 radical (unpaired) electrons. The zero-order valence-electron chi connectivity index (χ0n) is 26.8. The molecule has 0 bridgehead atoms. The van der Waals surface area contributed by atoms with Gasteiger partial charge in [-0.15, -0.1) is 0 Å². The van der Waals surface area contributed by atoms with E-state index in [1.165, 1.54) is 7.11 Å². The molecule has 45 heavy (non-hydrogen) atoms. The van der Waals surface area contributed by atoms with Gasteiger partial charge in [-0.2, -0.15) is 0 Å². The first kappa shape index (κ1) is 37.1. The summed E-state index contributed by atoms with van der Waals surface area (Å²) in [5, 5.41) is 32.3. The normalized spacial score (nSPS) is 33.1. The molecule has 0 saturated carbocycles. The van der Waals surface area contributed by atoms with Gasteiger partial charge in [0.15, 0.2) is 12.4 Å². The largest absolute Gasteiger partial charge is 0.466 e. The first-order valence-corrected chi connectivity index (χ1v) is 15.6. The number of hydrogen-bond donors (Lipinski definition) is 3. The molecule has 3 heterocycles. The Labute approximate surface area is 264 Å². The van der Waals surface area contributed by atoms with Gasteiger partial charge in [0.1, 0.15) is 6.10 Å². The maximum absolute atomic E-state index is 12.8. The van der Waals surface area contributed by atoms with Crippen LogP contribution in [0.2, 0.25) is 0 Å². The van der Waals surface area contributed by atoms with E-state index in [9.17, 15) is 29.7 Å². The molecule has 3 rings (SSSR count). The van der Waals surface area contributed by atoms with Gasteiger partial charge >= 0.3 is 11.9 Å². The average molecular weight is 643 g/mol. The molecule has 0 aliphatic carbocycles. The third-order valence-electron chi connectivity index (χ3n) is 8.44. The summed E-state index contributed by atoms with van der Waals surface area (Å²) in [6, 6.07) is 0. The molecule has 256 valence electrons. The molecule has 0 aromatic carbocycles. The van der Waals surface area contributed by atoms with Gasteiger partial charge in [0, 0.05) is 24.3 Å². The summed E-state index contributed by atoms with van der Waals surface area (Å²) in [6.45, 7) is 8.95. The minimum atomic E-state index is -2.06. The van der Waals surface area contributed by atoms with Gasteiger partial charge in [0.25, 0.3) is 6.47 Å². The van der Waals surface area contributed by atoms with Gasteiger partial charge in [-0.3, -0.25) is 9.59 Å². The lowest BCUT2D eigenvalue weighted by molar-refractivity contribution is -0.331. The number of carbonyl (C=O) groups is 3. The number of ether oxygens (including phenoxy) is 7. The minimum absolute atomic E-state index is 0.00353. The highest BCUT2D eigenvalue weighted by Crippen LogP contribution is 2.45. The fourth-order valence-electron chi connectivity index (χ4n) is 6.06. The van der Waals surface area contributed by atoms with Crippen molar-refractivity contribution in [3.63, 3.8) is 0 Å². The summed E-state index contributed by atoms with van der Waals surface area (Å²) in [7, 11) is 1.19. The van der Waals surface area contributed by atoms with Crippen LogP contribution >= 0.6 is 0 Å². The van der Waals surface area contributed by atoms with E-state index < -0.39 is 60.5 Å². The van der Waals surface area contributed by atoms with Crippen LogP contribution in [0.4, 0.5) is 0 Å². The molecule has 9 atom stereocenters. The number of aliphatic hydroxyl groups is 3. The summed E-state index contributed by atoms with van der Waals surface area (Å²) in [6.07, 6.45) is 1.92. The van der Waals surface area contributed by atoms with Crippen molar-refractivity contribution < 1.29 is 62.9 Å². The first-order chi connectivity index (χ1) is 21.3. The summed E-state index contributed by atoms with van der Waals surface area (Å²) < 4.78 is 38.9. The van der Waals surface area contributed by atoms with E-state index in [2.05, 4.69) is 6.58 Å². The molecule has 3 aliphatic heterocycles. The van der Waals surface area contributed by atoms with Crippen LogP contribution in [0.3, 0.4) is 0 Å². The second-order valence-corrected chi connectivity index (χ2v) is 12.9. The van der Waals surface area contributed by atoms with E-state index in [1.807, 2.05) is 0 Å². The molecule has 3 aliphatic rings. The zero-order chi connectivity index (χ0) is 33.2. The lowest BCUT2D eigenvalue weighted by atomic mass is 9.76. The van der Waals surface area contributed by atoms with E-state index in [-0.39, 0.29) is 56.0 Å². The molecule has 13 nitrogen and oxygen atoms in total. The van der Waals surface area contributed by atoms with Gasteiger partial charge in [-0.05, 0) is 50.2 Å². The second kappa shape index (κ2) is 17.0. The number of esters is 2. The topological polar surface area (TPSA) is 177 Å². The fourth-order valence-corrected chi connectivity index (χ4v) is 6.06. The summed E-state index contributed by atoms with van der Waals surface area (Å²) in [5.41, 5.74) is -0.744. The molecular formula is C32H50O13. The molecule has 0 aromatic rings. The summed E-state index contributed by atoms with van der Waals surface area (Å²) in [4.78, 5) is 36.1. The van der Waals surface area contributed by atoms with Crippen LogP contribution in [0.15, 0.2) is 24.3 Å². The Bertz CT molecular complexity index is 1020. The number of rotatable bonds is 14. The Morgan fingerprint density at radius 3 is 2.47 bits per heavy atom. The van der Waals surface area contributed by atoms with Crippen LogP contribution in [-0.4, -0.2) is 109 Å². The Morgan fingerprint density at radius 1 is 1.11 bits per heavy atom. The predicted octanol–water partition coefficient (Wildman–Crippen LogP) is 2.23. The summed E-state index contributed by atoms with van der Waals surface area (Å²) >= 11 is 0. The van der Waals surface area contributed by atoms with Crippen LogP contribution < -0.4 is 0 Å². The van der Waals surface area contributed by atoms with Gasteiger partial charge in [-0.1, -0.05) is 27.4 Å². The number of carbonyl (C=O) groups excluding carboxylic acids is 3. The van der Waals surface area contributed by atoms with Crippen molar-refractivity contribution in [2.24, 2.45) is 5.41 Å². The zero-order valence-corrected chi connectivity index (χ0v) is 26.8. The minimum Gasteiger partial charge on any atom is -0.466 e. The van der Waals surface area contributed by atoms with E-state index in [1.54, 1.807) is 26.8 Å². The SMILES string of the molecule is C=C[C@H]1OCC[C@@H](C[C@@H]2CCC[C@@H](C[C@@H](O)CC(=O)O[C@@H](CO)CC3C/C(=C\C(=O)OC)[C@H](OC=O)[C@](O)(C(C)(C)C)O3)O2)O1. The molecular weight excluding hydrogens is 592 g/mol. The Kier molecular flexibility index (Phi) is 14.0. The van der Waals surface area contributed by atoms with Crippen LogP contribution in [0.5, 0.6) is 0 Å². The van der Waals surface area contributed by atoms with E-state index in [0.29, 0.717) is 13.0 Å². The first-order valence-electron chi connectivity index (χ1n) is 15.6. The molecule has 3 N–H and O–H groups in total.